The molecular formula is C22H20ClNO3. The molecule has 1 aliphatic heterocycles. The first-order valence-corrected chi connectivity index (χ1v) is 9.74. The predicted molar refractivity (Wildman–Crippen MR) is 107 cm³/mol. The average molecular weight is 382 g/mol. The fraction of sp³-hybridized carbons (Fsp3) is 0.318. The summed E-state index contributed by atoms with van der Waals surface area (Å²) in [6.45, 7) is 3.09. The van der Waals surface area contributed by atoms with E-state index in [1.165, 1.54) is 5.56 Å². The maximum Gasteiger partial charge on any atom is 0.339 e. The van der Waals surface area contributed by atoms with Gasteiger partial charge < -0.3 is 14.1 Å². The summed E-state index contributed by atoms with van der Waals surface area (Å²) in [7, 11) is 0. The molecule has 138 valence electrons. The Morgan fingerprint density at radius 1 is 1.07 bits per heavy atom. The minimum absolute atomic E-state index is 0.213. The Morgan fingerprint density at radius 2 is 1.85 bits per heavy atom. The van der Waals surface area contributed by atoms with Gasteiger partial charge in [-0.2, -0.15) is 0 Å². The molecule has 0 N–H and O–H groups in total. The van der Waals surface area contributed by atoms with Crippen molar-refractivity contribution in [3.8, 4) is 5.75 Å². The minimum atomic E-state index is -0.213. The van der Waals surface area contributed by atoms with Crippen molar-refractivity contribution in [2.24, 2.45) is 0 Å². The van der Waals surface area contributed by atoms with Crippen molar-refractivity contribution < 1.29 is 9.15 Å². The smallest absolute Gasteiger partial charge is 0.339 e. The van der Waals surface area contributed by atoms with E-state index in [1.54, 1.807) is 0 Å². The molecule has 4 nitrogen and oxygen atoms in total. The first-order chi connectivity index (χ1) is 13.1. The molecule has 0 radical (unpaired) electrons. The highest BCUT2D eigenvalue weighted by Gasteiger charge is 2.28. The fourth-order valence-electron chi connectivity index (χ4n) is 4.34. The topological polar surface area (TPSA) is 42.7 Å². The Hall–Kier alpha value is -2.46. The van der Waals surface area contributed by atoms with Crippen LogP contribution in [0.15, 0.2) is 39.5 Å². The van der Waals surface area contributed by atoms with Gasteiger partial charge in [0.1, 0.15) is 11.3 Å². The molecule has 0 bridgehead atoms. The van der Waals surface area contributed by atoms with Crippen LogP contribution in [0.1, 0.15) is 35.1 Å². The highest BCUT2D eigenvalue weighted by molar-refractivity contribution is 6.33. The number of fused-ring (bicyclic) bond motifs is 5. The van der Waals surface area contributed by atoms with Crippen molar-refractivity contribution in [1.29, 1.82) is 0 Å². The normalized spacial score (nSPS) is 16.0. The van der Waals surface area contributed by atoms with Gasteiger partial charge in [-0.05, 0) is 55.9 Å². The van der Waals surface area contributed by atoms with Gasteiger partial charge in [-0.1, -0.05) is 29.8 Å². The molecule has 0 fully saturated rings. The molecule has 2 aliphatic rings. The van der Waals surface area contributed by atoms with Crippen LogP contribution < -0.4 is 15.3 Å². The first kappa shape index (κ1) is 16.7. The maximum absolute atomic E-state index is 12.6. The Balaban J connectivity index is 1.71. The van der Waals surface area contributed by atoms with Crippen LogP contribution in [-0.2, 0) is 19.4 Å². The third-order valence-corrected chi connectivity index (χ3v) is 5.97. The number of hydrogen-bond donors (Lipinski definition) is 0. The van der Waals surface area contributed by atoms with Crippen LogP contribution in [0.25, 0.3) is 11.0 Å². The molecule has 2 heterocycles. The van der Waals surface area contributed by atoms with Gasteiger partial charge in [0.2, 0.25) is 0 Å². The summed E-state index contributed by atoms with van der Waals surface area (Å²) in [5, 5.41) is 1.55. The molecule has 27 heavy (non-hydrogen) atoms. The Bertz CT molecular complexity index is 1120. The summed E-state index contributed by atoms with van der Waals surface area (Å²) >= 11 is 6.57. The number of anilines is 1. The summed E-state index contributed by atoms with van der Waals surface area (Å²) in [6.07, 6.45) is 3.81. The lowest BCUT2D eigenvalue weighted by Crippen LogP contribution is -2.33. The first-order valence-electron chi connectivity index (χ1n) is 9.37. The standard InChI is InChI=1S/C22H20ClNO3/c1-13-6-2-5-9-19(13)24-11-17-20-16(10-18(23)21(17)26-12-24)14-7-3-4-8-15(14)22(25)27-20/h2,5-6,9-10H,3-4,7-8,11-12H2,1H3. The lowest BCUT2D eigenvalue weighted by molar-refractivity contribution is 0.289. The molecule has 1 aliphatic carbocycles. The molecule has 0 atom stereocenters. The fourth-order valence-corrected chi connectivity index (χ4v) is 4.62. The van der Waals surface area contributed by atoms with E-state index in [1.807, 2.05) is 18.2 Å². The van der Waals surface area contributed by atoms with E-state index in [2.05, 4.69) is 24.0 Å². The second kappa shape index (κ2) is 6.31. The van der Waals surface area contributed by atoms with Crippen LogP contribution in [0.5, 0.6) is 5.75 Å². The van der Waals surface area contributed by atoms with E-state index >= 15 is 0 Å². The number of ether oxygens (including phenoxy) is 1. The second-order valence-corrected chi connectivity index (χ2v) is 7.76. The number of aryl methyl sites for hydroxylation is 2. The van der Waals surface area contributed by atoms with Crippen LogP contribution in [0.3, 0.4) is 0 Å². The summed E-state index contributed by atoms with van der Waals surface area (Å²) in [4.78, 5) is 14.7. The Labute approximate surface area is 162 Å². The largest absolute Gasteiger partial charge is 0.471 e. The molecule has 2 aromatic carbocycles. The molecule has 0 spiro atoms. The van der Waals surface area contributed by atoms with Gasteiger partial charge in [0.05, 0.1) is 17.1 Å². The van der Waals surface area contributed by atoms with Gasteiger partial charge in [-0.25, -0.2) is 4.79 Å². The number of para-hydroxylation sites is 1. The quantitative estimate of drug-likeness (QED) is 0.557. The third kappa shape index (κ3) is 2.62. The van der Waals surface area contributed by atoms with Crippen molar-refractivity contribution >= 4 is 28.3 Å². The predicted octanol–water partition coefficient (Wildman–Crippen LogP) is 4.99. The lowest BCUT2D eigenvalue weighted by Gasteiger charge is -2.32. The van der Waals surface area contributed by atoms with Crippen LogP contribution in [0.2, 0.25) is 5.02 Å². The molecule has 0 saturated carbocycles. The third-order valence-electron chi connectivity index (χ3n) is 5.68. The van der Waals surface area contributed by atoms with E-state index in [0.29, 0.717) is 29.6 Å². The highest BCUT2D eigenvalue weighted by Crippen LogP contribution is 2.41. The maximum atomic E-state index is 12.6. The zero-order valence-electron chi connectivity index (χ0n) is 15.2. The average Bonchev–Trinajstić information content (AvgIpc) is 2.69. The summed E-state index contributed by atoms with van der Waals surface area (Å²) in [6, 6.07) is 10.1. The zero-order valence-corrected chi connectivity index (χ0v) is 15.9. The lowest BCUT2D eigenvalue weighted by atomic mass is 9.89. The number of rotatable bonds is 1. The van der Waals surface area contributed by atoms with Crippen molar-refractivity contribution in [2.75, 3.05) is 11.6 Å². The van der Waals surface area contributed by atoms with E-state index < -0.39 is 0 Å². The van der Waals surface area contributed by atoms with Crippen molar-refractivity contribution in [1.82, 2.24) is 0 Å². The summed E-state index contributed by atoms with van der Waals surface area (Å²) in [5.74, 6) is 0.632. The number of halogens is 1. The molecule has 1 aromatic heterocycles. The van der Waals surface area contributed by atoms with Crippen LogP contribution in [0.4, 0.5) is 5.69 Å². The number of nitrogens with zero attached hydrogens (tertiary/aromatic N) is 1. The van der Waals surface area contributed by atoms with E-state index in [9.17, 15) is 4.79 Å². The Morgan fingerprint density at radius 3 is 2.67 bits per heavy atom. The molecular weight excluding hydrogens is 362 g/mol. The monoisotopic (exact) mass is 381 g/mol. The molecule has 0 saturated heterocycles. The van der Waals surface area contributed by atoms with Gasteiger partial charge in [0, 0.05) is 16.6 Å². The Kier molecular flexibility index (Phi) is 3.90. The van der Waals surface area contributed by atoms with E-state index in [0.717, 1.165) is 53.4 Å². The highest BCUT2D eigenvalue weighted by atomic mass is 35.5. The van der Waals surface area contributed by atoms with Gasteiger partial charge in [-0.15, -0.1) is 0 Å². The summed E-state index contributed by atoms with van der Waals surface area (Å²) < 4.78 is 11.8. The molecule has 3 aromatic rings. The molecule has 0 unspecified atom stereocenters. The minimum Gasteiger partial charge on any atom is -0.471 e. The molecule has 5 heteroatoms. The number of hydrogen-bond acceptors (Lipinski definition) is 4. The SMILES string of the molecule is Cc1ccccc1N1COc2c(Cl)cc3c4c(c(=O)oc3c2C1)CCCC4. The molecule has 0 amide bonds. The van der Waals surface area contributed by atoms with E-state index in [-0.39, 0.29) is 5.63 Å². The zero-order chi connectivity index (χ0) is 18.5. The van der Waals surface area contributed by atoms with Crippen LogP contribution in [-0.4, -0.2) is 6.73 Å². The van der Waals surface area contributed by atoms with Gasteiger partial charge in [-0.3, -0.25) is 0 Å². The van der Waals surface area contributed by atoms with Crippen molar-refractivity contribution in [3.05, 3.63) is 68.0 Å². The summed E-state index contributed by atoms with van der Waals surface area (Å²) in [5.41, 5.74) is 5.47. The second-order valence-electron chi connectivity index (χ2n) is 7.35. The van der Waals surface area contributed by atoms with Crippen molar-refractivity contribution in [3.63, 3.8) is 0 Å². The van der Waals surface area contributed by atoms with E-state index in [4.69, 9.17) is 20.8 Å². The van der Waals surface area contributed by atoms with Crippen molar-refractivity contribution in [2.45, 2.75) is 39.2 Å². The van der Waals surface area contributed by atoms with Gasteiger partial charge in [0.25, 0.3) is 0 Å². The van der Waals surface area contributed by atoms with Gasteiger partial charge >= 0.3 is 5.63 Å². The number of benzene rings is 2. The molecule has 5 rings (SSSR count). The van der Waals surface area contributed by atoms with Crippen LogP contribution >= 0.6 is 11.6 Å². The van der Waals surface area contributed by atoms with Gasteiger partial charge in [0.15, 0.2) is 6.73 Å². The van der Waals surface area contributed by atoms with Crippen LogP contribution in [0, 0.1) is 6.92 Å².